The van der Waals surface area contributed by atoms with Crippen LogP contribution in [0.25, 0.3) is 5.82 Å². The number of hydrogen-bond acceptors (Lipinski definition) is 5. The van der Waals surface area contributed by atoms with E-state index >= 15 is 0 Å². The molecule has 0 saturated heterocycles. The summed E-state index contributed by atoms with van der Waals surface area (Å²) >= 11 is 6.50. The molecule has 2 aromatic heterocycles. The van der Waals surface area contributed by atoms with Crippen LogP contribution in [0, 0.1) is 11.3 Å². The number of nitriles is 1. The van der Waals surface area contributed by atoms with Crippen LogP contribution in [0.4, 0.5) is 5.69 Å². The Morgan fingerprint density at radius 1 is 1.15 bits per heavy atom. The molecule has 2 N–H and O–H groups in total. The van der Waals surface area contributed by atoms with Gasteiger partial charge in [0.05, 0.1) is 16.8 Å². The van der Waals surface area contributed by atoms with Crippen molar-refractivity contribution in [2.75, 3.05) is 5.32 Å². The molecule has 0 radical (unpaired) electrons. The van der Waals surface area contributed by atoms with Gasteiger partial charge in [0.2, 0.25) is 0 Å². The number of nitrogens with one attached hydrogen (secondary N) is 1. The van der Waals surface area contributed by atoms with Crippen LogP contribution in [-0.4, -0.2) is 31.7 Å². The Balaban J connectivity index is 1.84. The summed E-state index contributed by atoms with van der Waals surface area (Å²) in [5.74, 6) is -1.34. The Morgan fingerprint density at radius 3 is 2.48 bits per heavy atom. The molecular formula is C17H9Br2N5O3. The lowest BCUT2D eigenvalue weighted by Gasteiger charge is -2.10. The van der Waals surface area contributed by atoms with Crippen LogP contribution in [0.1, 0.15) is 26.4 Å². The van der Waals surface area contributed by atoms with Gasteiger partial charge in [-0.25, -0.2) is 4.79 Å². The van der Waals surface area contributed by atoms with Crippen molar-refractivity contribution in [2.24, 2.45) is 0 Å². The van der Waals surface area contributed by atoms with E-state index in [1.165, 1.54) is 18.2 Å². The van der Waals surface area contributed by atoms with E-state index in [2.05, 4.69) is 47.4 Å². The molecule has 0 bridgehead atoms. The second-order valence-electron chi connectivity index (χ2n) is 5.27. The largest absolute Gasteiger partial charge is 0.478 e. The zero-order chi connectivity index (χ0) is 19.6. The van der Waals surface area contributed by atoms with E-state index in [0.29, 0.717) is 20.3 Å². The number of carbonyl (C=O) groups is 2. The number of nitrogens with zero attached hydrogens (tertiary/aromatic N) is 4. The average molecular weight is 491 g/mol. The maximum absolute atomic E-state index is 12.4. The Bertz CT molecular complexity index is 1090. The molecule has 134 valence electrons. The fourth-order valence-corrected chi connectivity index (χ4v) is 2.89. The molecule has 0 aliphatic rings. The van der Waals surface area contributed by atoms with Crippen LogP contribution in [0.15, 0.2) is 51.7 Å². The predicted octanol–water partition coefficient (Wildman–Crippen LogP) is 3.61. The Hall–Kier alpha value is -3.03. The van der Waals surface area contributed by atoms with Crippen molar-refractivity contribution in [1.29, 1.82) is 5.26 Å². The van der Waals surface area contributed by atoms with Crippen molar-refractivity contribution in [3.05, 3.63) is 68.5 Å². The molecule has 3 rings (SSSR count). The Morgan fingerprint density at radius 2 is 1.89 bits per heavy atom. The number of aromatic nitrogens is 3. The topological polar surface area (TPSA) is 121 Å². The Labute approximate surface area is 169 Å². The number of rotatable bonds is 4. The zero-order valence-corrected chi connectivity index (χ0v) is 16.5. The number of benzene rings is 1. The summed E-state index contributed by atoms with van der Waals surface area (Å²) in [5, 5.41) is 28.5. The molecule has 0 unspecified atom stereocenters. The summed E-state index contributed by atoms with van der Waals surface area (Å²) in [4.78, 5) is 23.8. The summed E-state index contributed by atoms with van der Waals surface area (Å²) < 4.78 is 2.73. The third-order valence-corrected chi connectivity index (χ3v) is 5.35. The summed E-state index contributed by atoms with van der Waals surface area (Å²) in [6.45, 7) is 0. The molecule has 1 aromatic carbocycles. The zero-order valence-electron chi connectivity index (χ0n) is 13.3. The van der Waals surface area contributed by atoms with Crippen molar-refractivity contribution in [1.82, 2.24) is 14.8 Å². The van der Waals surface area contributed by atoms with Gasteiger partial charge >= 0.3 is 5.97 Å². The van der Waals surface area contributed by atoms with Crippen LogP contribution in [-0.2, 0) is 0 Å². The van der Waals surface area contributed by atoms with E-state index in [1.807, 2.05) is 6.07 Å². The smallest absolute Gasteiger partial charge is 0.337 e. The van der Waals surface area contributed by atoms with Crippen LogP contribution in [0.3, 0.4) is 0 Å². The standard InChI is InChI=1S/C17H9Br2N5O3/c18-11-5-10(17(26)27)14(6-12(11)19)21-16(25)13-1-2-15(23-22-13)24-4-3-9(7-20)8-24/h1-6,8H,(H,21,25)(H,26,27). The van der Waals surface area contributed by atoms with E-state index in [9.17, 15) is 14.7 Å². The van der Waals surface area contributed by atoms with Crippen LogP contribution < -0.4 is 5.32 Å². The second kappa shape index (κ2) is 7.69. The third-order valence-electron chi connectivity index (χ3n) is 3.51. The number of carboxylic acid groups (broad SMARTS) is 1. The lowest BCUT2D eigenvalue weighted by Crippen LogP contribution is -2.17. The predicted molar refractivity (Wildman–Crippen MR) is 103 cm³/mol. The first-order chi connectivity index (χ1) is 12.9. The molecule has 2 heterocycles. The van der Waals surface area contributed by atoms with Gasteiger partial charge in [-0.1, -0.05) is 0 Å². The lowest BCUT2D eigenvalue weighted by molar-refractivity contribution is 0.0698. The van der Waals surface area contributed by atoms with E-state index in [1.54, 1.807) is 29.1 Å². The number of halogens is 2. The highest BCUT2D eigenvalue weighted by Crippen LogP contribution is 2.30. The highest BCUT2D eigenvalue weighted by atomic mass is 79.9. The Kier molecular flexibility index (Phi) is 5.34. The summed E-state index contributed by atoms with van der Waals surface area (Å²) in [6.07, 6.45) is 3.24. The fourth-order valence-electron chi connectivity index (χ4n) is 2.20. The van der Waals surface area contributed by atoms with E-state index in [0.717, 1.165) is 0 Å². The summed E-state index contributed by atoms with van der Waals surface area (Å²) in [7, 11) is 0. The van der Waals surface area contributed by atoms with Crippen molar-refractivity contribution >= 4 is 49.4 Å². The molecule has 0 saturated carbocycles. The average Bonchev–Trinajstić information content (AvgIpc) is 3.13. The molecule has 8 nitrogen and oxygen atoms in total. The van der Waals surface area contributed by atoms with Gasteiger partial charge in [0, 0.05) is 21.3 Å². The van der Waals surface area contributed by atoms with Crippen LogP contribution in [0.5, 0.6) is 0 Å². The maximum Gasteiger partial charge on any atom is 0.337 e. The van der Waals surface area contributed by atoms with Crippen molar-refractivity contribution < 1.29 is 14.7 Å². The van der Waals surface area contributed by atoms with Gasteiger partial charge in [0.25, 0.3) is 5.91 Å². The van der Waals surface area contributed by atoms with Gasteiger partial charge < -0.3 is 15.0 Å². The first kappa shape index (κ1) is 18.8. The van der Waals surface area contributed by atoms with Gasteiger partial charge in [0.1, 0.15) is 6.07 Å². The molecule has 0 aliphatic heterocycles. The van der Waals surface area contributed by atoms with Crippen molar-refractivity contribution in [3.8, 4) is 11.9 Å². The summed E-state index contributed by atoms with van der Waals surface area (Å²) in [5.41, 5.74) is 0.541. The van der Waals surface area contributed by atoms with Gasteiger partial charge in [-0.3, -0.25) is 4.79 Å². The van der Waals surface area contributed by atoms with Gasteiger partial charge in [-0.2, -0.15) is 5.26 Å². The first-order valence-electron chi connectivity index (χ1n) is 7.35. The van der Waals surface area contributed by atoms with Gasteiger partial charge in [-0.05, 0) is 62.2 Å². The number of carboxylic acids is 1. The molecule has 0 spiro atoms. The molecule has 1 amide bonds. The number of anilines is 1. The SMILES string of the molecule is N#Cc1ccn(-c2ccc(C(=O)Nc3cc(Br)c(Br)cc3C(=O)O)nn2)c1. The second-order valence-corrected chi connectivity index (χ2v) is 6.98. The first-order valence-corrected chi connectivity index (χ1v) is 8.93. The number of aromatic carboxylic acids is 1. The maximum atomic E-state index is 12.4. The van der Waals surface area contributed by atoms with E-state index in [4.69, 9.17) is 5.26 Å². The molecule has 10 heteroatoms. The number of carbonyl (C=O) groups excluding carboxylic acids is 1. The minimum Gasteiger partial charge on any atom is -0.478 e. The quantitative estimate of drug-likeness (QED) is 0.576. The van der Waals surface area contributed by atoms with Gasteiger partial charge in [0.15, 0.2) is 11.5 Å². The lowest BCUT2D eigenvalue weighted by atomic mass is 10.1. The van der Waals surface area contributed by atoms with Crippen LogP contribution in [0.2, 0.25) is 0 Å². The molecular weight excluding hydrogens is 482 g/mol. The van der Waals surface area contributed by atoms with E-state index in [-0.39, 0.29) is 16.9 Å². The number of hydrogen-bond donors (Lipinski definition) is 2. The molecule has 3 aromatic rings. The molecule has 0 aliphatic carbocycles. The highest BCUT2D eigenvalue weighted by molar-refractivity contribution is 9.13. The van der Waals surface area contributed by atoms with E-state index < -0.39 is 11.9 Å². The normalized spacial score (nSPS) is 10.3. The van der Waals surface area contributed by atoms with Crippen molar-refractivity contribution in [2.45, 2.75) is 0 Å². The fraction of sp³-hybridized carbons (Fsp3) is 0. The summed E-state index contributed by atoms with van der Waals surface area (Å²) in [6, 6.07) is 9.53. The molecule has 0 fully saturated rings. The molecule has 27 heavy (non-hydrogen) atoms. The van der Waals surface area contributed by atoms with Crippen molar-refractivity contribution in [3.63, 3.8) is 0 Å². The minimum absolute atomic E-state index is 0.0155. The minimum atomic E-state index is -1.18. The van der Waals surface area contributed by atoms with Crippen LogP contribution >= 0.6 is 31.9 Å². The van der Waals surface area contributed by atoms with Gasteiger partial charge in [-0.15, -0.1) is 10.2 Å². The highest BCUT2D eigenvalue weighted by Gasteiger charge is 2.17. The molecule has 0 atom stereocenters. The number of amides is 1. The third kappa shape index (κ3) is 4.05. The monoisotopic (exact) mass is 489 g/mol.